The van der Waals surface area contributed by atoms with Gasteiger partial charge < -0.3 is 5.32 Å². The molecule has 11 heteroatoms. The number of carbonyl (C=O) groups excluding carboxylic acids is 1. The average molecular weight is 430 g/mol. The maximum absolute atomic E-state index is 13.6. The Kier molecular flexibility index (Phi) is 6.53. The van der Waals surface area contributed by atoms with E-state index in [4.69, 9.17) is 0 Å². The molecule has 7 nitrogen and oxygen atoms in total. The summed E-state index contributed by atoms with van der Waals surface area (Å²) in [6.45, 7) is 6.33. The Morgan fingerprint density at radius 3 is 2.31 bits per heavy atom. The summed E-state index contributed by atoms with van der Waals surface area (Å²) in [6, 6.07) is 2.33. The highest BCUT2D eigenvalue weighted by molar-refractivity contribution is 7.89. The van der Waals surface area contributed by atoms with E-state index >= 15 is 0 Å². The zero-order chi connectivity index (χ0) is 22.0. The Morgan fingerprint density at radius 2 is 1.86 bits per heavy atom. The minimum Gasteiger partial charge on any atom is -0.337 e. The standard InChI is InChI=1S/C18H21F3N4O3S/c1-5-10-22-29(27,28)14-8-6-13(7-9-14)17(26)23-16(18(19,20)21)15-11(2)24-25(4)12(15)3/h5-9,16,22H,1,10H2,2-4H3,(H,23,26)/t16-/m0/s1. The Balaban J connectivity index is 2.30. The predicted octanol–water partition coefficient (Wildman–Crippen LogP) is 2.53. The van der Waals surface area contributed by atoms with Crippen molar-refractivity contribution in [1.29, 1.82) is 0 Å². The van der Waals surface area contributed by atoms with Crippen LogP contribution >= 0.6 is 0 Å². The Hall–Kier alpha value is -2.66. The topological polar surface area (TPSA) is 93.1 Å². The van der Waals surface area contributed by atoms with Gasteiger partial charge in [-0.3, -0.25) is 9.48 Å². The summed E-state index contributed by atoms with van der Waals surface area (Å²) in [5.41, 5.74) is 0.199. The number of carbonyl (C=O) groups is 1. The van der Waals surface area contributed by atoms with Crippen LogP contribution in [0.25, 0.3) is 0 Å². The number of hydrogen-bond donors (Lipinski definition) is 2. The van der Waals surface area contributed by atoms with E-state index in [0.29, 0.717) is 0 Å². The number of nitrogens with zero attached hydrogens (tertiary/aromatic N) is 2. The molecule has 1 aromatic heterocycles. The fourth-order valence-electron chi connectivity index (χ4n) is 2.78. The molecular weight excluding hydrogens is 409 g/mol. The van der Waals surface area contributed by atoms with Crippen molar-refractivity contribution in [2.24, 2.45) is 7.05 Å². The van der Waals surface area contributed by atoms with Crippen LogP contribution in [0.5, 0.6) is 0 Å². The zero-order valence-corrected chi connectivity index (χ0v) is 16.9. The van der Waals surface area contributed by atoms with Crippen molar-refractivity contribution >= 4 is 15.9 Å². The fraction of sp³-hybridized carbons (Fsp3) is 0.333. The van der Waals surface area contributed by atoms with Crippen molar-refractivity contribution in [3.63, 3.8) is 0 Å². The van der Waals surface area contributed by atoms with E-state index in [-0.39, 0.29) is 34.0 Å². The minimum atomic E-state index is -4.74. The van der Waals surface area contributed by atoms with Gasteiger partial charge in [-0.25, -0.2) is 13.1 Å². The van der Waals surface area contributed by atoms with E-state index in [2.05, 4.69) is 16.4 Å². The molecule has 0 saturated heterocycles. The number of benzene rings is 1. The van der Waals surface area contributed by atoms with Gasteiger partial charge in [-0.15, -0.1) is 6.58 Å². The lowest BCUT2D eigenvalue weighted by Gasteiger charge is -2.22. The van der Waals surface area contributed by atoms with Crippen LogP contribution in [0.3, 0.4) is 0 Å². The summed E-state index contributed by atoms with van der Waals surface area (Å²) in [7, 11) is -2.29. The third kappa shape index (κ3) is 5.04. The van der Waals surface area contributed by atoms with E-state index in [1.807, 2.05) is 5.32 Å². The van der Waals surface area contributed by atoms with Crippen LogP contribution in [0.1, 0.15) is 33.4 Å². The molecule has 158 valence electrons. The van der Waals surface area contributed by atoms with Crippen molar-refractivity contribution in [3.05, 3.63) is 59.4 Å². The third-order valence-electron chi connectivity index (χ3n) is 4.30. The molecule has 1 atom stereocenters. The first-order valence-electron chi connectivity index (χ1n) is 8.46. The highest BCUT2D eigenvalue weighted by Gasteiger charge is 2.44. The SMILES string of the molecule is C=CCNS(=O)(=O)c1ccc(C(=O)N[C@@H](c2c(C)nn(C)c2C)C(F)(F)F)cc1. The number of sulfonamides is 1. The van der Waals surface area contributed by atoms with Gasteiger partial charge in [0.1, 0.15) is 0 Å². The van der Waals surface area contributed by atoms with Crippen LogP contribution in [0.2, 0.25) is 0 Å². The van der Waals surface area contributed by atoms with E-state index in [1.54, 1.807) is 0 Å². The molecule has 2 rings (SSSR count). The normalized spacial score (nSPS) is 13.2. The molecule has 0 radical (unpaired) electrons. The van der Waals surface area contributed by atoms with E-state index < -0.39 is 28.1 Å². The summed E-state index contributed by atoms with van der Waals surface area (Å²) in [5.74, 6) is -0.988. The van der Waals surface area contributed by atoms with Gasteiger partial charge in [0.05, 0.1) is 10.6 Å². The van der Waals surface area contributed by atoms with Crippen LogP contribution < -0.4 is 10.0 Å². The van der Waals surface area contributed by atoms with Crippen molar-refractivity contribution in [1.82, 2.24) is 19.8 Å². The van der Waals surface area contributed by atoms with Gasteiger partial charge in [-0.05, 0) is 38.1 Å². The van der Waals surface area contributed by atoms with Crippen molar-refractivity contribution in [2.75, 3.05) is 6.54 Å². The van der Waals surface area contributed by atoms with Gasteiger partial charge in [0, 0.05) is 30.4 Å². The molecule has 2 N–H and O–H groups in total. The Labute approximate surface area is 166 Å². The quantitative estimate of drug-likeness (QED) is 0.661. The largest absolute Gasteiger partial charge is 0.413 e. The molecule has 0 unspecified atom stereocenters. The number of aryl methyl sites for hydroxylation is 2. The summed E-state index contributed by atoms with van der Waals surface area (Å²) in [4.78, 5) is 12.3. The van der Waals surface area contributed by atoms with E-state index in [0.717, 1.165) is 24.3 Å². The summed E-state index contributed by atoms with van der Waals surface area (Å²) in [6.07, 6.45) is -3.38. The molecule has 0 spiro atoms. The van der Waals surface area contributed by atoms with Gasteiger partial charge in [0.25, 0.3) is 5.91 Å². The monoisotopic (exact) mass is 430 g/mol. The maximum Gasteiger partial charge on any atom is 0.413 e. The number of aromatic nitrogens is 2. The molecule has 0 aliphatic carbocycles. The number of alkyl halides is 3. The highest BCUT2D eigenvalue weighted by Crippen LogP contribution is 2.36. The Morgan fingerprint density at radius 1 is 1.28 bits per heavy atom. The molecule has 0 aliphatic heterocycles. The first-order valence-corrected chi connectivity index (χ1v) is 9.95. The van der Waals surface area contributed by atoms with Gasteiger partial charge >= 0.3 is 6.18 Å². The smallest absolute Gasteiger partial charge is 0.337 e. The lowest BCUT2D eigenvalue weighted by molar-refractivity contribution is -0.155. The van der Waals surface area contributed by atoms with E-state index in [1.165, 1.54) is 31.7 Å². The Bertz CT molecular complexity index is 1010. The average Bonchev–Trinajstić information content (AvgIpc) is 2.89. The molecule has 1 aromatic carbocycles. The van der Waals surface area contributed by atoms with Crippen LogP contribution in [0, 0.1) is 13.8 Å². The number of hydrogen-bond acceptors (Lipinski definition) is 4. The molecule has 2 aromatic rings. The van der Waals surface area contributed by atoms with Crippen molar-refractivity contribution < 1.29 is 26.4 Å². The van der Waals surface area contributed by atoms with Crippen LogP contribution in [-0.2, 0) is 17.1 Å². The van der Waals surface area contributed by atoms with Gasteiger partial charge in [-0.1, -0.05) is 6.08 Å². The van der Waals surface area contributed by atoms with Crippen LogP contribution in [0.15, 0.2) is 41.8 Å². The second kappa shape index (κ2) is 8.37. The second-order valence-corrected chi connectivity index (χ2v) is 8.09. The lowest BCUT2D eigenvalue weighted by Crippen LogP contribution is -2.38. The maximum atomic E-state index is 13.6. The molecule has 0 aliphatic rings. The van der Waals surface area contributed by atoms with Crippen molar-refractivity contribution in [2.45, 2.75) is 31.0 Å². The van der Waals surface area contributed by atoms with Gasteiger partial charge in [0.2, 0.25) is 10.0 Å². The molecule has 1 amide bonds. The summed E-state index contributed by atoms with van der Waals surface area (Å²) in [5, 5.41) is 5.95. The van der Waals surface area contributed by atoms with Gasteiger partial charge in [0.15, 0.2) is 6.04 Å². The summed E-state index contributed by atoms with van der Waals surface area (Å²) < 4.78 is 68.5. The third-order valence-corrected chi connectivity index (χ3v) is 5.74. The first-order chi connectivity index (χ1) is 13.4. The second-order valence-electron chi connectivity index (χ2n) is 6.32. The van der Waals surface area contributed by atoms with Crippen LogP contribution in [0.4, 0.5) is 13.2 Å². The van der Waals surface area contributed by atoms with Crippen molar-refractivity contribution in [3.8, 4) is 0 Å². The minimum absolute atomic E-state index is 0.0155. The number of amides is 1. The molecule has 0 fully saturated rings. The highest BCUT2D eigenvalue weighted by atomic mass is 32.2. The number of halogens is 3. The molecule has 0 bridgehead atoms. The van der Waals surface area contributed by atoms with Gasteiger partial charge in [-0.2, -0.15) is 18.3 Å². The molecule has 0 saturated carbocycles. The zero-order valence-electron chi connectivity index (χ0n) is 16.0. The van der Waals surface area contributed by atoms with E-state index in [9.17, 15) is 26.4 Å². The molecule has 29 heavy (non-hydrogen) atoms. The molecule has 1 heterocycles. The lowest BCUT2D eigenvalue weighted by atomic mass is 10.0. The summed E-state index contributed by atoms with van der Waals surface area (Å²) >= 11 is 0. The predicted molar refractivity (Wildman–Crippen MR) is 101 cm³/mol. The number of nitrogens with one attached hydrogen (secondary N) is 2. The fourth-order valence-corrected chi connectivity index (χ4v) is 3.78. The first kappa shape index (κ1) is 22.6. The van der Waals surface area contributed by atoms with Crippen LogP contribution in [-0.4, -0.2) is 36.8 Å². The molecular formula is C18H21F3N4O3S. The number of rotatable bonds is 7.